The fourth-order valence-corrected chi connectivity index (χ4v) is 2.02. The summed E-state index contributed by atoms with van der Waals surface area (Å²) in [6.07, 6.45) is 0. The molecule has 2 rings (SSSR count). The largest absolute Gasteiger partial charge is 0.339 e. The van der Waals surface area contributed by atoms with Crippen molar-refractivity contribution in [3.05, 3.63) is 64.2 Å². The van der Waals surface area contributed by atoms with Crippen molar-refractivity contribution >= 4 is 34.8 Å². The van der Waals surface area contributed by atoms with Crippen LogP contribution in [-0.2, 0) is 14.4 Å². The standard InChI is InChI=1S/C17H16N4O5/c1-11-3-2-4-13(9-11)20-17(24)16(23)18-10-15(22)19-12-5-7-14(8-6-12)21(25)26/h2-9H,10H2,1H3,(H,18,23)(H,19,22)(H,20,24). The maximum Gasteiger partial charge on any atom is 0.313 e. The van der Waals surface area contributed by atoms with Gasteiger partial charge in [-0.25, -0.2) is 0 Å². The van der Waals surface area contributed by atoms with Gasteiger partial charge in [0.1, 0.15) is 0 Å². The molecule has 0 spiro atoms. The topological polar surface area (TPSA) is 130 Å². The number of hydrogen-bond acceptors (Lipinski definition) is 5. The first-order valence-electron chi connectivity index (χ1n) is 7.55. The Kier molecular flexibility index (Phi) is 5.99. The normalized spacial score (nSPS) is 9.88. The van der Waals surface area contributed by atoms with Crippen LogP contribution in [0.1, 0.15) is 5.56 Å². The van der Waals surface area contributed by atoms with Crippen LogP contribution in [0.2, 0.25) is 0 Å². The minimum atomic E-state index is -0.953. The first-order chi connectivity index (χ1) is 12.3. The third-order valence-electron chi connectivity index (χ3n) is 3.25. The Bertz CT molecular complexity index is 848. The molecule has 0 heterocycles. The third kappa shape index (κ3) is 5.41. The molecule has 26 heavy (non-hydrogen) atoms. The number of nitro groups is 1. The van der Waals surface area contributed by atoms with Gasteiger partial charge in [-0.1, -0.05) is 12.1 Å². The first kappa shape index (κ1) is 18.6. The minimum absolute atomic E-state index is 0.107. The maximum atomic E-state index is 11.8. The summed E-state index contributed by atoms with van der Waals surface area (Å²) in [5.41, 5.74) is 1.62. The van der Waals surface area contributed by atoms with Gasteiger partial charge in [-0.3, -0.25) is 24.5 Å². The number of aryl methyl sites for hydroxylation is 1. The first-order valence-corrected chi connectivity index (χ1v) is 7.55. The van der Waals surface area contributed by atoms with Crippen molar-refractivity contribution in [2.24, 2.45) is 0 Å². The Hall–Kier alpha value is -3.75. The SMILES string of the molecule is Cc1cccc(NC(=O)C(=O)NCC(=O)Nc2ccc([N+](=O)[O-])cc2)c1. The van der Waals surface area contributed by atoms with Crippen molar-refractivity contribution in [1.82, 2.24) is 5.32 Å². The lowest BCUT2D eigenvalue weighted by Crippen LogP contribution is -2.39. The van der Waals surface area contributed by atoms with Gasteiger partial charge in [0.15, 0.2) is 0 Å². The zero-order chi connectivity index (χ0) is 19.1. The Morgan fingerprint density at radius 1 is 0.962 bits per heavy atom. The number of nitrogens with one attached hydrogen (secondary N) is 3. The molecule has 0 unspecified atom stereocenters. The van der Waals surface area contributed by atoms with Gasteiger partial charge in [0.25, 0.3) is 5.69 Å². The number of benzene rings is 2. The molecule has 2 aromatic rings. The van der Waals surface area contributed by atoms with Crippen molar-refractivity contribution in [3.8, 4) is 0 Å². The van der Waals surface area contributed by atoms with Gasteiger partial charge < -0.3 is 16.0 Å². The van der Waals surface area contributed by atoms with Crippen LogP contribution in [0.25, 0.3) is 0 Å². The zero-order valence-electron chi connectivity index (χ0n) is 13.8. The third-order valence-corrected chi connectivity index (χ3v) is 3.25. The van der Waals surface area contributed by atoms with Crippen molar-refractivity contribution in [2.75, 3.05) is 17.2 Å². The number of nitro benzene ring substituents is 1. The molecular formula is C17H16N4O5. The van der Waals surface area contributed by atoms with Crippen LogP contribution in [0.3, 0.4) is 0 Å². The van der Waals surface area contributed by atoms with Crippen LogP contribution in [-0.4, -0.2) is 29.2 Å². The van der Waals surface area contributed by atoms with Gasteiger partial charge in [0.05, 0.1) is 11.5 Å². The van der Waals surface area contributed by atoms with E-state index in [9.17, 15) is 24.5 Å². The number of hydrogen-bond donors (Lipinski definition) is 3. The molecule has 0 aromatic heterocycles. The number of non-ortho nitro benzene ring substituents is 1. The average Bonchev–Trinajstić information content (AvgIpc) is 2.60. The molecule has 0 saturated carbocycles. The lowest BCUT2D eigenvalue weighted by molar-refractivity contribution is -0.384. The second kappa shape index (κ2) is 8.38. The molecule has 0 bridgehead atoms. The molecule has 0 fully saturated rings. The number of carbonyl (C=O) groups excluding carboxylic acids is 3. The molecule has 0 aliphatic rings. The minimum Gasteiger partial charge on any atom is -0.339 e. The smallest absolute Gasteiger partial charge is 0.313 e. The van der Waals surface area contributed by atoms with Crippen molar-refractivity contribution in [1.29, 1.82) is 0 Å². The summed E-state index contributed by atoms with van der Waals surface area (Å²) in [5, 5.41) is 17.6. The molecule has 3 amide bonds. The molecule has 9 heteroatoms. The summed E-state index contributed by atoms with van der Waals surface area (Å²) in [6.45, 7) is 1.43. The molecule has 0 aliphatic heterocycles. The summed E-state index contributed by atoms with van der Waals surface area (Å²) < 4.78 is 0. The Labute approximate surface area is 148 Å². The van der Waals surface area contributed by atoms with Crippen LogP contribution in [0.15, 0.2) is 48.5 Å². The lowest BCUT2D eigenvalue weighted by atomic mass is 10.2. The predicted molar refractivity (Wildman–Crippen MR) is 94.5 cm³/mol. The molecule has 0 saturated heterocycles. The average molecular weight is 356 g/mol. The molecule has 0 atom stereocenters. The van der Waals surface area contributed by atoms with Gasteiger partial charge in [-0.05, 0) is 36.8 Å². The maximum absolute atomic E-state index is 11.8. The van der Waals surface area contributed by atoms with E-state index in [2.05, 4.69) is 16.0 Å². The van der Waals surface area contributed by atoms with Gasteiger partial charge >= 0.3 is 11.8 Å². The molecule has 134 valence electrons. The van der Waals surface area contributed by atoms with Crippen LogP contribution in [0.5, 0.6) is 0 Å². The van der Waals surface area contributed by atoms with E-state index in [1.54, 1.807) is 18.2 Å². The van der Waals surface area contributed by atoms with Gasteiger partial charge in [-0.2, -0.15) is 0 Å². The summed E-state index contributed by atoms with van der Waals surface area (Å²) >= 11 is 0. The zero-order valence-corrected chi connectivity index (χ0v) is 13.8. The van der Waals surface area contributed by atoms with E-state index in [-0.39, 0.29) is 5.69 Å². The molecule has 3 N–H and O–H groups in total. The predicted octanol–water partition coefficient (Wildman–Crippen LogP) is 1.60. The van der Waals surface area contributed by atoms with Gasteiger partial charge in [0, 0.05) is 23.5 Å². The molecule has 2 aromatic carbocycles. The molecule has 0 radical (unpaired) electrons. The van der Waals surface area contributed by atoms with Crippen LogP contribution < -0.4 is 16.0 Å². The van der Waals surface area contributed by atoms with Crippen LogP contribution in [0.4, 0.5) is 17.1 Å². The Balaban J connectivity index is 1.81. The quantitative estimate of drug-likeness (QED) is 0.425. The van der Waals surface area contributed by atoms with Crippen molar-refractivity contribution in [3.63, 3.8) is 0 Å². The van der Waals surface area contributed by atoms with E-state index in [1.165, 1.54) is 24.3 Å². The number of amides is 3. The molecule has 9 nitrogen and oxygen atoms in total. The van der Waals surface area contributed by atoms with E-state index in [0.717, 1.165) is 5.56 Å². The van der Waals surface area contributed by atoms with Crippen LogP contribution in [0, 0.1) is 17.0 Å². The number of nitrogens with zero attached hydrogens (tertiary/aromatic N) is 1. The highest BCUT2D eigenvalue weighted by molar-refractivity contribution is 6.39. The monoisotopic (exact) mass is 356 g/mol. The summed E-state index contributed by atoms with van der Waals surface area (Å²) in [6, 6.07) is 12.1. The van der Waals surface area contributed by atoms with E-state index < -0.39 is 29.2 Å². The molecular weight excluding hydrogens is 340 g/mol. The highest BCUT2D eigenvalue weighted by atomic mass is 16.6. The van der Waals surface area contributed by atoms with E-state index in [1.807, 2.05) is 13.0 Å². The Morgan fingerprint density at radius 2 is 1.65 bits per heavy atom. The van der Waals surface area contributed by atoms with Gasteiger partial charge in [-0.15, -0.1) is 0 Å². The molecule has 0 aliphatic carbocycles. The van der Waals surface area contributed by atoms with Gasteiger partial charge in [0.2, 0.25) is 5.91 Å². The summed E-state index contributed by atoms with van der Waals surface area (Å²) in [5.74, 6) is -2.42. The second-order valence-electron chi connectivity index (χ2n) is 5.36. The fraction of sp³-hybridized carbons (Fsp3) is 0.118. The second-order valence-corrected chi connectivity index (χ2v) is 5.36. The highest BCUT2D eigenvalue weighted by Gasteiger charge is 2.15. The van der Waals surface area contributed by atoms with Crippen LogP contribution >= 0.6 is 0 Å². The van der Waals surface area contributed by atoms with E-state index in [0.29, 0.717) is 11.4 Å². The van der Waals surface area contributed by atoms with E-state index >= 15 is 0 Å². The number of rotatable bonds is 5. The lowest BCUT2D eigenvalue weighted by Gasteiger charge is -2.08. The summed E-state index contributed by atoms with van der Waals surface area (Å²) in [4.78, 5) is 45.3. The number of anilines is 2. The van der Waals surface area contributed by atoms with Crippen molar-refractivity contribution in [2.45, 2.75) is 6.92 Å². The summed E-state index contributed by atoms with van der Waals surface area (Å²) in [7, 11) is 0. The van der Waals surface area contributed by atoms with Crippen molar-refractivity contribution < 1.29 is 19.3 Å². The fourth-order valence-electron chi connectivity index (χ4n) is 2.02. The number of carbonyl (C=O) groups is 3. The highest BCUT2D eigenvalue weighted by Crippen LogP contribution is 2.15. The Morgan fingerprint density at radius 3 is 2.27 bits per heavy atom. The van der Waals surface area contributed by atoms with E-state index in [4.69, 9.17) is 0 Å².